The second kappa shape index (κ2) is 6.99. The van der Waals surface area contributed by atoms with Gasteiger partial charge in [0.25, 0.3) is 0 Å². The molecule has 104 valence electrons. The van der Waals surface area contributed by atoms with Crippen molar-refractivity contribution in [3.63, 3.8) is 0 Å². The molecule has 0 aliphatic rings. The Morgan fingerprint density at radius 1 is 1.16 bits per heavy atom. The first kappa shape index (κ1) is 15.3. The number of ether oxygens (including phenoxy) is 2. The quantitative estimate of drug-likeness (QED) is 0.780. The monoisotopic (exact) mass is 286 g/mol. The van der Waals surface area contributed by atoms with Crippen LogP contribution in [0.25, 0.3) is 0 Å². The fourth-order valence-corrected chi connectivity index (χ4v) is 1.86. The molecule has 0 atom stereocenters. The van der Waals surface area contributed by atoms with E-state index < -0.39 is 5.97 Å². The molecule has 1 aromatic rings. The van der Waals surface area contributed by atoms with Crippen LogP contribution in [0.15, 0.2) is 12.1 Å². The standard InChI is InChI=1S/C13H15ClO5/c1-18-11-6-8(9(14)7-12(11)19-2)10(15)4-3-5-13(16)17/h6-7H,3-5H2,1-2H3,(H,16,17). The molecule has 0 aliphatic carbocycles. The Balaban J connectivity index is 2.87. The van der Waals surface area contributed by atoms with Gasteiger partial charge in [-0.3, -0.25) is 9.59 Å². The Kier molecular flexibility index (Phi) is 5.63. The second-order valence-corrected chi connectivity index (χ2v) is 4.26. The zero-order valence-electron chi connectivity index (χ0n) is 10.7. The summed E-state index contributed by atoms with van der Waals surface area (Å²) in [5.74, 6) is -0.290. The summed E-state index contributed by atoms with van der Waals surface area (Å²) in [6.45, 7) is 0. The van der Waals surface area contributed by atoms with Crippen LogP contribution in [0.5, 0.6) is 11.5 Å². The summed E-state index contributed by atoms with van der Waals surface area (Å²) in [4.78, 5) is 22.3. The van der Waals surface area contributed by atoms with Crippen LogP contribution in [-0.2, 0) is 4.79 Å². The van der Waals surface area contributed by atoms with E-state index in [1.807, 2.05) is 0 Å². The highest BCUT2D eigenvalue weighted by molar-refractivity contribution is 6.34. The predicted molar refractivity (Wildman–Crippen MR) is 70.4 cm³/mol. The molecule has 1 aromatic carbocycles. The van der Waals surface area contributed by atoms with Crippen LogP contribution in [0.1, 0.15) is 29.6 Å². The zero-order valence-corrected chi connectivity index (χ0v) is 11.5. The number of hydrogen-bond donors (Lipinski definition) is 1. The number of ketones is 1. The van der Waals surface area contributed by atoms with Gasteiger partial charge in [-0.2, -0.15) is 0 Å². The van der Waals surface area contributed by atoms with Crippen molar-refractivity contribution in [1.29, 1.82) is 0 Å². The Bertz CT molecular complexity index is 484. The summed E-state index contributed by atoms with van der Waals surface area (Å²) < 4.78 is 10.2. The maximum absolute atomic E-state index is 11.9. The molecule has 19 heavy (non-hydrogen) atoms. The molecule has 0 heterocycles. The predicted octanol–water partition coefficient (Wildman–Crippen LogP) is 2.79. The van der Waals surface area contributed by atoms with Crippen molar-refractivity contribution >= 4 is 23.4 Å². The van der Waals surface area contributed by atoms with Crippen LogP contribution < -0.4 is 9.47 Å². The molecule has 0 bridgehead atoms. The van der Waals surface area contributed by atoms with E-state index in [1.54, 1.807) is 0 Å². The Morgan fingerprint density at radius 2 is 1.74 bits per heavy atom. The fourth-order valence-electron chi connectivity index (χ4n) is 1.60. The van der Waals surface area contributed by atoms with E-state index in [1.165, 1.54) is 26.4 Å². The van der Waals surface area contributed by atoms with Gasteiger partial charge in [-0.1, -0.05) is 11.6 Å². The van der Waals surface area contributed by atoms with Crippen LogP contribution in [-0.4, -0.2) is 31.1 Å². The third-order valence-corrected chi connectivity index (χ3v) is 2.88. The van der Waals surface area contributed by atoms with Crippen LogP contribution in [0.4, 0.5) is 0 Å². The second-order valence-electron chi connectivity index (χ2n) is 3.86. The number of hydrogen-bond acceptors (Lipinski definition) is 4. The molecule has 0 fully saturated rings. The minimum atomic E-state index is -0.925. The first-order chi connectivity index (χ1) is 8.99. The molecule has 6 heteroatoms. The molecule has 5 nitrogen and oxygen atoms in total. The first-order valence-corrected chi connectivity index (χ1v) is 6.04. The van der Waals surface area contributed by atoms with E-state index >= 15 is 0 Å². The van der Waals surface area contributed by atoms with Gasteiger partial charge in [0.1, 0.15) is 0 Å². The summed E-state index contributed by atoms with van der Waals surface area (Å²) in [6, 6.07) is 3.01. The molecule has 0 aliphatic heterocycles. The summed E-state index contributed by atoms with van der Waals surface area (Å²) in [6.07, 6.45) is 0.358. The summed E-state index contributed by atoms with van der Waals surface area (Å²) in [7, 11) is 2.94. The Morgan fingerprint density at radius 3 is 2.26 bits per heavy atom. The van der Waals surface area contributed by atoms with Gasteiger partial charge in [0.2, 0.25) is 0 Å². The van der Waals surface area contributed by atoms with E-state index in [0.717, 1.165) is 0 Å². The molecule has 0 unspecified atom stereocenters. The minimum absolute atomic E-state index is 0.0450. The topological polar surface area (TPSA) is 72.8 Å². The zero-order chi connectivity index (χ0) is 14.4. The lowest BCUT2D eigenvalue weighted by Crippen LogP contribution is -2.04. The van der Waals surface area contributed by atoms with Crippen LogP contribution in [0.2, 0.25) is 5.02 Å². The van der Waals surface area contributed by atoms with E-state index in [-0.39, 0.29) is 30.1 Å². The fraction of sp³-hybridized carbons (Fsp3) is 0.385. The van der Waals surface area contributed by atoms with Gasteiger partial charge in [0.05, 0.1) is 19.2 Å². The van der Waals surface area contributed by atoms with Gasteiger partial charge in [-0.05, 0) is 12.5 Å². The average Bonchev–Trinajstić information content (AvgIpc) is 2.37. The maximum atomic E-state index is 11.9. The molecular formula is C13H15ClO5. The highest BCUT2D eigenvalue weighted by atomic mass is 35.5. The van der Waals surface area contributed by atoms with Crippen molar-refractivity contribution in [3.8, 4) is 11.5 Å². The van der Waals surface area contributed by atoms with Gasteiger partial charge in [-0.15, -0.1) is 0 Å². The molecule has 0 radical (unpaired) electrons. The lowest BCUT2D eigenvalue weighted by Gasteiger charge is -2.10. The van der Waals surface area contributed by atoms with Crippen molar-refractivity contribution < 1.29 is 24.2 Å². The lowest BCUT2D eigenvalue weighted by atomic mass is 10.0. The molecule has 1 N–H and O–H groups in total. The van der Waals surface area contributed by atoms with Gasteiger partial charge in [0, 0.05) is 24.5 Å². The number of aliphatic carboxylic acids is 1. The number of halogens is 1. The van der Waals surface area contributed by atoms with Gasteiger partial charge in [0.15, 0.2) is 17.3 Å². The molecule has 1 rings (SSSR count). The van der Waals surface area contributed by atoms with Crippen LogP contribution in [0.3, 0.4) is 0 Å². The van der Waals surface area contributed by atoms with E-state index in [2.05, 4.69) is 0 Å². The highest BCUT2D eigenvalue weighted by Gasteiger charge is 2.15. The van der Waals surface area contributed by atoms with Crippen molar-refractivity contribution in [2.45, 2.75) is 19.3 Å². The molecule has 0 spiro atoms. The maximum Gasteiger partial charge on any atom is 0.303 e. The molecule has 0 aromatic heterocycles. The summed E-state index contributed by atoms with van der Waals surface area (Å²) in [5, 5.41) is 8.79. The minimum Gasteiger partial charge on any atom is -0.493 e. The van der Waals surface area contributed by atoms with Gasteiger partial charge in [-0.25, -0.2) is 0 Å². The number of methoxy groups -OCH3 is 2. The number of carbonyl (C=O) groups is 2. The third-order valence-electron chi connectivity index (χ3n) is 2.57. The molecular weight excluding hydrogens is 272 g/mol. The largest absolute Gasteiger partial charge is 0.493 e. The average molecular weight is 287 g/mol. The van der Waals surface area contributed by atoms with Gasteiger partial charge < -0.3 is 14.6 Å². The number of carbonyl (C=O) groups excluding carboxylic acids is 1. The van der Waals surface area contributed by atoms with Crippen LogP contribution >= 0.6 is 11.6 Å². The van der Waals surface area contributed by atoms with Crippen molar-refractivity contribution in [1.82, 2.24) is 0 Å². The first-order valence-electron chi connectivity index (χ1n) is 5.66. The Hall–Kier alpha value is -1.75. The normalized spacial score (nSPS) is 10.1. The number of rotatable bonds is 7. The molecule has 0 amide bonds. The van der Waals surface area contributed by atoms with Crippen molar-refractivity contribution in [2.24, 2.45) is 0 Å². The summed E-state index contributed by atoms with van der Waals surface area (Å²) in [5.41, 5.74) is 0.310. The third kappa shape index (κ3) is 4.13. The van der Waals surface area contributed by atoms with E-state index in [9.17, 15) is 9.59 Å². The smallest absolute Gasteiger partial charge is 0.303 e. The van der Waals surface area contributed by atoms with E-state index in [0.29, 0.717) is 17.1 Å². The van der Waals surface area contributed by atoms with Crippen molar-refractivity contribution in [2.75, 3.05) is 14.2 Å². The number of benzene rings is 1. The number of carboxylic acids is 1. The molecule has 0 saturated heterocycles. The Labute approximate surface area is 116 Å². The van der Waals surface area contributed by atoms with Crippen molar-refractivity contribution in [3.05, 3.63) is 22.7 Å². The number of Topliss-reactive ketones (excluding diaryl/α,β-unsaturated/α-hetero) is 1. The highest BCUT2D eigenvalue weighted by Crippen LogP contribution is 2.33. The summed E-state index contributed by atoms with van der Waals surface area (Å²) >= 11 is 6.00. The molecule has 0 saturated carbocycles. The van der Waals surface area contributed by atoms with Gasteiger partial charge >= 0.3 is 5.97 Å². The van der Waals surface area contributed by atoms with Crippen LogP contribution in [0, 0.1) is 0 Å². The van der Waals surface area contributed by atoms with E-state index in [4.69, 9.17) is 26.2 Å². The SMILES string of the molecule is COc1cc(Cl)c(C(=O)CCCC(=O)O)cc1OC. The lowest BCUT2D eigenvalue weighted by molar-refractivity contribution is -0.137. The number of carboxylic acid groups (broad SMARTS) is 1.